The minimum absolute atomic E-state index is 1.13. The van der Waals surface area contributed by atoms with Crippen LogP contribution < -0.4 is 0 Å². The fraction of sp³-hybridized carbons (Fsp3) is 1.00. The lowest BCUT2D eigenvalue weighted by atomic mass is 10.3. The zero-order chi connectivity index (χ0) is 25.6. The van der Waals surface area contributed by atoms with Gasteiger partial charge >= 0.3 is 46.4 Å². The van der Waals surface area contributed by atoms with Crippen LogP contribution >= 0.6 is 0 Å². The Morgan fingerprint density at radius 2 is 0.457 bits per heavy atom. The normalized spacial score (nSPS) is 26.1. The SMILES string of the molecule is CCCCC[SiH]1O[SiH](CCCCC)O[SiH](CCCCC)O[SiH](CCCCC)O[SiH](CCCCC)O1. The van der Waals surface area contributed by atoms with E-state index in [4.69, 9.17) is 20.6 Å². The first-order valence-electron chi connectivity index (χ1n) is 15.4. The molecule has 0 saturated carbocycles. The van der Waals surface area contributed by atoms with Crippen molar-refractivity contribution in [3.8, 4) is 0 Å². The molecule has 1 aliphatic rings. The lowest BCUT2D eigenvalue weighted by Crippen LogP contribution is -2.48. The molecule has 0 aliphatic carbocycles. The van der Waals surface area contributed by atoms with Gasteiger partial charge in [-0.05, 0) is 30.2 Å². The standard InChI is InChI=1S/C25H60O5Si5/c1-6-11-16-21-31-26-32(22-17-12-7-2)28-34(24-19-14-9-4)30-35(25-20-15-10-5)29-33(27-31)23-18-13-8-3/h31-35H,6-25H2,1-5H3. The largest absolute Gasteiger partial charge is 0.420 e. The Morgan fingerprint density at radius 1 is 0.286 bits per heavy atom. The molecule has 1 saturated heterocycles. The molecule has 0 aromatic rings. The summed E-state index contributed by atoms with van der Waals surface area (Å²) in [5.74, 6) is 0. The fourth-order valence-corrected chi connectivity index (χ4v) is 24.0. The summed E-state index contributed by atoms with van der Waals surface area (Å²) >= 11 is 0. The third kappa shape index (κ3) is 17.9. The zero-order valence-electron chi connectivity index (χ0n) is 24.1. The summed E-state index contributed by atoms with van der Waals surface area (Å²) in [6.45, 7) is 11.4. The lowest BCUT2D eigenvalue weighted by Gasteiger charge is -2.34. The first-order valence-corrected chi connectivity index (χ1v) is 24.2. The van der Waals surface area contributed by atoms with Crippen molar-refractivity contribution in [2.24, 2.45) is 0 Å². The van der Waals surface area contributed by atoms with Gasteiger partial charge in [0.2, 0.25) is 0 Å². The van der Waals surface area contributed by atoms with Crippen LogP contribution in [0, 0.1) is 0 Å². The molecule has 1 heterocycles. The smallest absolute Gasteiger partial charge is 0.303 e. The van der Waals surface area contributed by atoms with Gasteiger partial charge in [0.05, 0.1) is 0 Å². The molecule has 10 heteroatoms. The van der Waals surface area contributed by atoms with Crippen molar-refractivity contribution in [1.82, 2.24) is 0 Å². The first kappa shape index (κ1) is 33.9. The Morgan fingerprint density at radius 3 is 0.600 bits per heavy atom. The summed E-state index contributed by atoms with van der Waals surface area (Å²) in [4.78, 5) is 0. The van der Waals surface area contributed by atoms with Gasteiger partial charge < -0.3 is 20.6 Å². The summed E-state index contributed by atoms with van der Waals surface area (Å²) in [5, 5.41) is 0. The lowest BCUT2D eigenvalue weighted by molar-refractivity contribution is 0.276. The van der Waals surface area contributed by atoms with Crippen LogP contribution in [0.15, 0.2) is 0 Å². The maximum Gasteiger partial charge on any atom is 0.303 e. The van der Waals surface area contributed by atoms with Crippen LogP contribution in [0.3, 0.4) is 0 Å². The van der Waals surface area contributed by atoms with E-state index in [2.05, 4.69) is 34.6 Å². The van der Waals surface area contributed by atoms with Crippen molar-refractivity contribution >= 4 is 46.4 Å². The predicted molar refractivity (Wildman–Crippen MR) is 163 cm³/mol. The molecule has 1 rings (SSSR count). The summed E-state index contributed by atoms with van der Waals surface area (Å²) in [6, 6.07) is 5.63. The first-order chi connectivity index (χ1) is 17.2. The molecule has 0 spiro atoms. The average molecular weight is 581 g/mol. The molecule has 1 aliphatic heterocycles. The topological polar surface area (TPSA) is 46.2 Å². The van der Waals surface area contributed by atoms with Crippen molar-refractivity contribution in [2.45, 2.75) is 161 Å². The van der Waals surface area contributed by atoms with E-state index < -0.39 is 46.4 Å². The van der Waals surface area contributed by atoms with Crippen LogP contribution in [-0.2, 0) is 20.6 Å². The van der Waals surface area contributed by atoms with E-state index in [1.54, 1.807) is 0 Å². The van der Waals surface area contributed by atoms with Gasteiger partial charge in [0.1, 0.15) is 0 Å². The summed E-state index contributed by atoms with van der Waals surface area (Å²) in [7, 11) is -8.79. The van der Waals surface area contributed by atoms with Gasteiger partial charge in [0.25, 0.3) is 0 Å². The van der Waals surface area contributed by atoms with E-state index in [0.29, 0.717) is 0 Å². The van der Waals surface area contributed by atoms with Crippen molar-refractivity contribution in [1.29, 1.82) is 0 Å². The second-order valence-corrected chi connectivity index (χ2v) is 22.9. The molecule has 0 aromatic heterocycles. The van der Waals surface area contributed by atoms with Gasteiger partial charge in [-0.25, -0.2) is 0 Å². The van der Waals surface area contributed by atoms with E-state index >= 15 is 0 Å². The molecule has 35 heavy (non-hydrogen) atoms. The molecule has 0 aromatic carbocycles. The highest BCUT2D eigenvalue weighted by Crippen LogP contribution is 2.22. The van der Waals surface area contributed by atoms with Crippen molar-refractivity contribution in [2.75, 3.05) is 0 Å². The third-order valence-electron chi connectivity index (χ3n) is 6.73. The highest BCUT2D eigenvalue weighted by atomic mass is 28.5. The van der Waals surface area contributed by atoms with Gasteiger partial charge in [0.15, 0.2) is 0 Å². The van der Waals surface area contributed by atoms with Crippen LogP contribution in [0.5, 0.6) is 0 Å². The minimum Gasteiger partial charge on any atom is -0.420 e. The minimum atomic E-state index is -1.76. The zero-order valence-corrected chi connectivity index (χ0v) is 29.8. The van der Waals surface area contributed by atoms with Crippen molar-refractivity contribution in [3.63, 3.8) is 0 Å². The quantitative estimate of drug-likeness (QED) is 0.113. The van der Waals surface area contributed by atoms with E-state index in [0.717, 1.165) is 30.2 Å². The van der Waals surface area contributed by atoms with Gasteiger partial charge in [-0.2, -0.15) is 0 Å². The molecule has 0 unspecified atom stereocenters. The Kier molecular flexibility index (Phi) is 23.2. The molecular weight excluding hydrogens is 521 g/mol. The molecule has 0 bridgehead atoms. The van der Waals surface area contributed by atoms with E-state index in [9.17, 15) is 0 Å². The number of hydrogen-bond acceptors (Lipinski definition) is 5. The second kappa shape index (κ2) is 24.0. The van der Waals surface area contributed by atoms with Crippen molar-refractivity contribution < 1.29 is 20.6 Å². The highest BCUT2D eigenvalue weighted by Gasteiger charge is 2.34. The highest BCUT2D eigenvalue weighted by molar-refractivity contribution is 6.74. The monoisotopic (exact) mass is 580 g/mol. The third-order valence-corrected chi connectivity index (χ3v) is 23.3. The molecule has 0 amide bonds. The summed E-state index contributed by atoms with van der Waals surface area (Å²) in [6.07, 6.45) is 18.7. The molecule has 210 valence electrons. The van der Waals surface area contributed by atoms with Gasteiger partial charge in [-0.15, -0.1) is 0 Å². The number of hydrogen-bond donors (Lipinski definition) is 0. The number of unbranched alkanes of at least 4 members (excludes halogenated alkanes) is 10. The maximum atomic E-state index is 6.89. The van der Waals surface area contributed by atoms with Gasteiger partial charge in [-0.1, -0.05) is 131 Å². The molecule has 0 radical (unpaired) electrons. The molecule has 5 nitrogen and oxygen atoms in total. The van der Waals surface area contributed by atoms with E-state index in [1.807, 2.05) is 0 Å². The predicted octanol–water partition coefficient (Wildman–Crippen LogP) is 7.14. The molecular formula is C25H60O5Si5. The van der Waals surface area contributed by atoms with Crippen LogP contribution in [0.1, 0.15) is 131 Å². The van der Waals surface area contributed by atoms with Crippen LogP contribution in [0.4, 0.5) is 0 Å². The molecule has 0 N–H and O–H groups in total. The Hall–Kier alpha value is 0.884. The maximum absolute atomic E-state index is 6.89. The average Bonchev–Trinajstić information content (AvgIpc) is 2.84. The van der Waals surface area contributed by atoms with E-state index in [1.165, 1.54) is 96.3 Å². The number of rotatable bonds is 20. The Balaban J connectivity index is 3.06. The van der Waals surface area contributed by atoms with E-state index in [-0.39, 0.29) is 0 Å². The fourth-order valence-electron chi connectivity index (χ4n) is 4.49. The van der Waals surface area contributed by atoms with Gasteiger partial charge in [0, 0.05) is 0 Å². The van der Waals surface area contributed by atoms with Crippen LogP contribution in [0.25, 0.3) is 0 Å². The summed E-state index contributed by atoms with van der Waals surface area (Å²) in [5.41, 5.74) is 0. The molecule has 1 fully saturated rings. The van der Waals surface area contributed by atoms with Gasteiger partial charge in [-0.3, -0.25) is 0 Å². The Bertz CT molecular complexity index is 363. The summed E-state index contributed by atoms with van der Waals surface area (Å²) < 4.78 is 34.4. The van der Waals surface area contributed by atoms with Crippen LogP contribution in [-0.4, -0.2) is 46.4 Å². The second-order valence-electron chi connectivity index (χ2n) is 10.3. The van der Waals surface area contributed by atoms with Crippen molar-refractivity contribution in [3.05, 3.63) is 0 Å². The molecule has 0 atom stereocenters. The van der Waals surface area contributed by atoms with Crippen LogP contribution in [0.2, 0.25) is 30.2 Å². The Labute approximate surface area is 227 Å².